The number of benzene rings is 2. The molecule has 0 atom stereocenters. The van der Waals surface area contributed by atoms with Gasteiger partial charge in [0.2, 0.25) is 5.76 Å². The first-order chi connectivity index (χ1) is 17.8. The number of amides is 1. The van der Waals surface area contributed by atoms with Crippen LogP contribution in [0.25, 0.3) is 0 Å². The third kappa shape index (κ3) is 11.2. The molecule has 0 radical (unpaired) electrons. The Morgan fingerprint density at radius 2 is 1.45 bits per heavy atom. The average Bonchev–Trinajstić information content (AvgIpc) is 2.80. The zero-order valence-electron chi connectivity index (χ0n) is 23.7. The van der Waals surface area contributed by atoms with Gasteiger partial charge < -0.3 is 19.5 Å². The van der Waals surface area contributed by atoms with Crippen LogP contribution in [0.3, 0.4) is 0 Å². The van der Waals surface area contributed by atoms with Crippen molar-refractivity contribution in [1.29, 1.82) is 0 Å². The quantitative estimate of drug-likeness (QED) is 0.147. The molecule has 0 saturated heterocycles. The molecule has 7 heteroatoms. The molecule has 38 heavy (non-hydrogen) atoms. The van der Waals surface area contributed by atoms with Crippen molar-refractivity contribution in [3.63, 3.8) is 0 Å². The van der Waals surface area contributed by atoms with E-state index in [0.717, 1.165) is 18.9 Å². The maximum Gasteiger partial charge on any atom is 0.375 e. The van der Waals surface area contributed by atoms with Crippen LogP contribution in [-0.2, 0) is 25.5 Å². The van der Waals surface area contributed by atoms with E-state index in [0.29, 0.717) is 11.3 Å². The molecule has 0 heterocycles. The van der Waals surface area contributed by atoms with Crippen molar-refractivity contribution in [3.8, 4) is 5.75 Å². The van der Waals surface area contributed by atoms with E-state index in [2.05, 4.69) is 12.2 Å². The maximum atomic E-state index is 13.0. The molecule has 0 fully saturated rings. The normalized spacial score (nSPS) is 12.0. The molecule has 0 unspecified atom stereocenters. The number of para-hydroxylation sites is 2. The summed E-state index contributed by atoms with van der Waals surface area (Å²) in [6, 6.07) is 14.2. The Kier molecular flexibility index (Phi) is 11.1. The second-order valence-electron chi connectivity index (χ2n) is 11.1. The number of carbonyl (C=O) groups excluding carboxylic acids is 3. The fraction of sp³-hybridized carbons (Fsp3) is 0.452. The molecular weight excluding hydrogens is 482 g/mol. The minimum atomic E-state index is -0.834. The van der Waals surface area contributed by atoms with Gasteiger partial charge >= 0.3 is 11.9 Å². The Balaban J connectivity index is 2.22. The van der Waals surface area contributed by atoms with Gasteiger partial charge in [0, 0.05) is 5.56 Å². The van der Waals surface area contributed by atoms with Crippen molar-refractivity contribution in [1.82, 2.24) is 0 Å². The number of aryl methyl sites for hydroxylation is 1. The van der Waals surface area contributed by atoms with Crippen molar-refractivity contribution in [2.24, 2.45) is 0 Å². The lowest BCUT2D eigenvalue weighted by Gasteiger charge is -2.22. The first kappa shape index (κ1) is 30.6. The average molecular weight is 524 g/mol. The van der Waals surface area contributed by atoms with Crippen LogP contribution in [0.1, 0.15) is 90.1 Å². The number of anilines is 1. The highest BCUT2D eigenvalue weighted by Crippen LogP contribution is 2.27. The molecule has 2 aromatic rings. The molecule has 1 amide bonds. The SMILES string of the molecule is CCCCCCc1ccc(C(=O)Nc2ccccc2O/C(=C\C(=O)OC(C)(C)C)C(=O)OC(C)(C)C)cc1. The van der Waals surface area contributed by atoms with Gasteiger partial charge in [-0.05, 0) is 84.2 Å². The van der Waals surface area contributed by atoms with E-state index >= 15 is 0 Å². The Labute approximate surface area is 226 Å². The van der Waals surface area contributed by atoms with E-state index in [9.17, 15) is 14.4 Å². The zero-order chi connectivity index (χ0) is 28.3. The van der Waals surface area contributed by atoms with E-state index in [1.807, 2.05) is 12.1 Å². The highest BCUT2D eigenvalue weighted by Gasteiger charge is 2.25. The van der Waals surface area contributed by atoms with Crippen LogP contribution in [0.15, 0.2) is 60.4 Å². The molecule has 0 aliphatic rings. The molecular formula is C31H41NO6. The molecule has 0 spiro atoms. The Bertz CT molecular complexity index is 1120. The van der Waals surface area contributed by atoms with Crippen LogP contribution in [-0.4, -0.2) is 29.0 Å². The van der Waals surface area contributed by atoms with Gasteiger partial charge in [-0.25, -0.2) is 9.59 Å². The van der Waals surface area contributed by atoms with E-state index in [1.54, 1.807) is 77.9 Å². The molecule has 2 aromatic carbocycles. The van der Waals surface area contributed by atoms with Crippen LogP contribution >= 0.6 is 0 Å². The molecule has 1 N–H and O–H groups in total. The molecule has 0 aliphatic heterocycles. The fourth-order valence-electron chi connectivity index (χ4n) is 3.45. The van der Waals surface area contributed by atoms with Crippen molar-refractivity contribution < 1.29 is 28.6 Å². The maximum absolute atomic E-state index is 13.0. The van der Waals surface area contributed by atoms with Crippen molar-refractivity contribution in [2.45, 2.75) is 91.8 Å². The van der Waals surface area contributed by atoms with Gasteiger partial charge in [-0.15, -0.1) is 0 Å². The van der Waals surface area contributed by atoms with Crippen LogP contribution in [0.2, 0.25) is 0 Å². The summed E-state index contributed by atoms with van der Waals surface area (Å²) in [4.78, 5) is 38.3. The van der Waals surface area contributed by atoms with Gasteiger partial charge in [0.1, 0.15) is 11.2 Å². The van der Waals surface area contributed by atoms with Crippen LogP contribution < -0.4 is 10.1 Å². The lowest BCUT2D eigenvalue weighted by atomic mass is 10.0. The predicted molar refractivity (Wildman–Crippen MR) is 149 cm³/mol. The number of hydrogen-bond donors (Lipinski definition) is 1. The van der Waals surface area contributed by atoms with Crippen molar-refractivity contribution in [2.75, 3.05) is 5.32 Å². The molecule has 0 saturated carbocycles. The lowest BCUT2D eigenvalue weighted by molar-refractivity contribution is -0.154. The number of esters is 2. The topological polar surface area (TPSA) is 90.9 Å². The second kappa shape index (κ2) is 13.8. The highest BCUT2D eigenvalue weighted by molar-refractivity contribution is 6.05. The lowest BCUT2D eigenvalue weighted by Crippen LogP contribution is -2.28. The first-order valence-corrected chi connectivity index (χ1v) is 13.1. The minimum Gasteiger partial charge on any atom is -0.457 e. The predicted octanol–water partition coefficient (Wildman–Crippen LogP) is 7.01. The van der Waals surface area contributed by atoms with Gasteiger partial charge in [0.15, 0.2) is 5.75 Å². The first-order valence-electron chi connectivity index (χ1n) is 13.1. The fourth-order valence-corrected chi connectivity index (χ4v) is 3.45. The molecule has 0 aromatic heterocycles. The Morgan fingerprint density at radius 3 is 2.05 bits per heavy atom. The van der Waals surface area contributed by atoms with Gasteiger partial charge in [0.25, 0.3) is 5.91 Å². The molecule has 206 valence electrons. The minimum absolute atomic E-state index is 0.175. The number of carbonyl (C=O) groups is 3. The number of unbranched alkanes of at least 4 members (excludes halogenated alkanes) is 3. The number of nitrogens with one attached hydrogen (secondary N) is 1. The number of rotatable bonds is 11. The van der Waals surface area contributed by atoms with E-state index < -0.39 is 23.1 Å². The largest absolute Gasteiger partial charge is 0.457 e. The third-order valence-electron chi connectivity index (χ3n) is 5.15. The highest BCUT2D eigenvalue weighted by atomic mass is 16.6. The summed E-state index contributed by atoms with van der Waals surface area (Å²) in [5.74, 6) is -2.10. The summed E-state index contributed by atoms with van der Waals surface area (Å²) in [5.41, 5.74) is 0.441. The summed E-state index contributed by atoms with van der Waals surface area (Å²) < 4.78 is 16.6. The molecule has 7 nitrogen and oxygen atoms in total. The van der Waals surface area contributed by atoms with Gasteiger partial charge in [-0.1, -0.05) is 50.5 Å². The van der Waals surface area contributed by atoms with Gasteiger partial charge in [0.05, 0.1) is 11.8 Å². The standard InChI is InChI=1S/C31H41NO6/c1-8-9-10-11-14-22-17-19-23(20-18-22)28(34)32-24-15-12-13-16-25(24)36-26(29(35)38-31(5,6)7)21-27(33)37-30(2,3)4/h12-13,15-21H,8-11,14H2,1-7H3,(H,32,34)/b26-21-. The van der Waals surface area contributed by atoms with Crippen molar-refractivity contribution in [3.05, 3.63) is 71.5 Å². The monoisotopic (exact) mass is 523 g/mol. The Hall–Kier alpha value is -3.61. The summed E-state index contributed by atoms with van der Waals surface area (Å²) in [6.45, 7) is 12.5. The van der Waals surface area contributed by atoms with E-state index in [4.69, 9.17) is 14.2 Å². The summed E-state index contributed by atoms with van der Waals surface area (Å²) in [7, 11) is 0. The van der Waals surface area contributed by atoms with E-state index in [1.165, 1.54) is 24.8 Å². The van der Waals surface area contributed by atoms with E-state index in [-0.39, 0.29) is 17.4 Å². The molecule has 2 rings (SSSR count). The van der Waals surface area contributed by atoms with Crippen LogP contribution in [0, 0.1) is 0 Å². The summed E-state index contributed by atoms with van der Waals surface area (Å²) in [6.07, 6.45) is 6.68. The van der Waals surface area contributed by atoms with Gasteiger partial charge in [-0.3, -0.25) is 4.79 Å². The zero-order valence-corrected chi connectivity index (χ0v) is 23.7. The van der Waals surface area contributed by atoms with Crippen LogP contribution in [0.5, 0.6) is 5.75 Å². The smallest absolute Gasteiger partial charge is 0.375 e. The number of hydrogen-bond acceptors (Lipinski definition) is 6. The summed E-state index contributed by atoms with van der Waals surface area (Å²) >= 11 is 0. The van der Waals surface area contributed by atoms with Crippen LogP contribution in [0.4, 0.5) is 5.69 Å². The molecule has 0 aliphatic carbocycles. The number of ether oxygens (including phenoxy) is 3. The third-order valence-corrected chi connectivity index (χ3v) is 5.15. The summed E-state index contributed by atoms with van der Waals surface area (Å²) in [5, 5.41) is 2.83. The van der Waals surface area contributed by atoms with Gasteiger partial charge in [-0.2, -0.15) is 0 Å². The second-order valence-corrected chi connectivity index (χ2v) is 11.1. The van der Waals surface area contributed by atoms with Crippen molar-refractivity contribution >= 4 is 23.5 Å². The molecule has 0 bridgehead atoms. The Morgan fingerprint density at radius 1 is 0.816 bits per heavy atom.